The molecule has 1 aromatic heterocycles. The van der Waals surface area contributed by atoms with E-state index >= 15 is 0 Å². The summed E-state index contributed by atoms with van der Waals surface area (Å²) in [5, 5.41) is 3.40. The predicted octanol–water partition coefficient (Wildman–Crippen LogP) is 2.57. The number of rotatable bonds is 5. The van der Waals surface area contributed by atoms with E-state index in [9.17, 15) is 0 Å². The number of aromatic nitrogens is 1. The number of hydrogen-bond acceptors (Lipinski definition) is 1. The van der Waals surface area contributed by atoms with Crippen LogP contribution in [-0.2, 0) is 6.54 Å². The third-order valence-corrected chi connectivity index (χ3v) is 2.27. The normalized spacial score (nSPS) is 13.2. The van der Waals surface area contributed by atoms with Crippen molar-refractivity contribution in [1.29, 1.82) is 0 Å². The van der Waals surface area contributed by atoms with Crippen molar-refractivity contribution in [3.63, 3.8) is 0 Å². The fraction of sp³-hybridized carbons (Fsp3) is 0.636. The van der Waals surface area contributed by atoms with Crippen LogP contribution in [0.1, 0.15) is 38.8 Å². The summed E-state index contributed by atoms with van der Waals surface area (Å²) in [6.07, 6.45) is 5.59. The second-order valence-corrected chi connectivity index (χ2v) is 3.46. The third-order valence-electron chi connectivity index (χ3n) is 2.27. The maximum atomic E-state index is 3.40. The number of aryl methyl sites for hydroxylation is 1. The lowest BCUT2D eigenvalue weighted by Crippen LogP contribution is -2.17. The fourth-order valence-corrected chi connectivity index (χ4v) is 1.54. The standard InChI is InChI=1S/C11H20N2/c1-4-7-13-8-6-11(9-13)10(3)12-5-2/h6,8-10,12H,4-5,7H2,1-3H3/t10-/m0/s1. The van der Waals surface area contributed by atoms with Crippen LogP contribution in [0.4, 0.5) is 0 Å². The fourth-order valence-electron chi connectivity index (χ4n) is 1.54. The van der Waals surface area contributed by atoms with E-state index < -0.39 is 0 Å². The average molecular weight is 180 g/mol. The Kier molecular flexibility index (Phi) is 4.03. The van der Waals surface area contributed by atoms with Gasteiger partial charge in [0.1, 0.15) is 0 Å². The van der Waals surface area contributed by atoms with Crippen LogP contribution in [-0.4, -0.2) is 11.1 Å². The van der Waals surface area contributed by atoms with Gasteiger partial charge < -0.3 is 9.88 Å². The van der Waals surface area contributed by atoms with Crippen LogP contribution in [0, 0.1) is 0 Å². The van der Waals surface area contributed by atoms with Gasteiger partial charge in [-0.15, -0.1) is 0 Å². The first kappa shape index (κ1) is 10.3. The number of nitrogens with zero attached hydrogens (tertiary/aromatic N) is 1. The number of hydrogen-bond donors (Lipinski definition) is 1. The van der Waals surface area contributed by atoms with Crippen LogP contribution in [0.15, 0.2) is 18.5 Å². The van der Waals surface area contributed by atoms with Gasteiger partial charge in [-0.05, 0) is 31.5 Å². The molecule has 0 fully saturated rings. The molecule has 0 bridgehead atoms. The SMILES string of the molecule is CCCn1ccc([C@H](C)NCC)c1. The van der Waals surface area contributed by atoms with E-state index in [2.05, 4.69) is 49.1 Å². The summed E-state index contributed by atoms with van der Waals surface area (Å²) >= 11 is 0. The first-order valence-electron chi connectivity index (χ1n) is 5.17. The van der Waals surface area contributed by atoms with Gasteiger partial charge in [-0.1, -0.05) is 13.8 Å². The molecular weight excluding hydrogens is 160 g/mol. The van der Waals surface area contributed by atoms with Crippen molar-refractivity contribution in [1.82, 2.24) is 9.88 Å². The molecule has 2 heteroatoms. The van der Waals surface area contributed by atoms with E-state index in [1.54, 1.807) is 0 Å². The van der Waals surface area contributed by atoms with Gasteiger partial charge in [0.05, 0.1) is 0 Å². The second kappa shape index (κ2) is 5.07. The van der Waals surface area contributed by atoms with E-state index in [0.717, 1.165) is 13.1 Å². The zero-order valence-corrected chi connectivity index (χ0v) is 8.88. The zero-order valence-electron chi connectivity index (χ0n) is 8.88. The van der Waals surface area contributed by atoms with Crippen molar-refractivity contribution in [2.75, 3.05) is 6.54 Å². The summed E-state index contributed by atoms with van der Waals surface area (Å²) in [4.78, 5) is 0. The van der Waals surface area contributed by atoms with E-state index in [1.807, 2.05) is 0 Å². The quantitative estimate of drug-likeness (QED) is 0.737. The lowest BCUT2D eigenvalue weighted by molar-refractivity contribution is 0.594. The maximum Gasteiger partial charge on any atom is 0.0306 e. The first-order valence-corrected chi connectivity index (χ1v) is 5.17. The summed E-state index contributed by atoms with van der Waals surface area (Å²) in [6, 6.07) is 2.67. The molecule has 0 amide bonds. The molecule has 2 nitrogen and oxygen atoms in total. The van der Waals surface area contributed by atoms with E-state index in [4.69, 9.17) is 0 Å². The highest BCUT2D eigenvalue weighted by Gasteiger charge is 2.04. The summed E-state index contributed by atoms with van der Waals surface area (Å²) in [5.74, 6) is 0. The smallest absolute Gasteiger partial charge is 0.0306 e. The molecule has 0 unspecified atom stereocenters. The third kappa shape index (κ3) is 2.88. The molecule has 1 N–H and O–H groups in total. The van der Waals surface area contributed by atoms with Crippen molar-refractivity contribution >= 4 is 0 Å². The van der Waals surface area contributed by atoms with Gasteiger partial charge in [0.15, 0.2) is 0 Å². The minimum atomic E-state index is 0.475. The lowest BCUT2D eigenvalue weighted by Gasteiger charge is -2.09. The van der Waals surface area contributed by atoms with Crippen LogP contribution < -0.4 is 5.32 Å². The highest BCUT2D eigenvalue weighted by molar-refractivity contribution is 5.14. The number of nitrogens with one attached hydrogen (secondary N) is 1. The molecule has 1 aromatic rings. The van der Waals surface area contributed by atoms with E-state index in [-0.39, 0.29) is 0 Å². The summed E-state index contributed by atoms with van der Waals surface area (Å²) in [5.41, 5.74) is 1.38. The molecule has 0 spiro atoms. The Morgan fingerprint density at radius 1 is 1.46 bits per heavy atom. The van der Waals surface area contributed by atoms with Gasteiger partial charge >= 0.3 is 0 Å². The molecule has 0 aromatic carbocycles. The lowest BCUT2D eigenvalue weighted by atomic mass is 10.2. The molecule has 74 valence electrons. The van der Waals surface area contributed by atoms with Crippen LogP contribution in [0.3, 0.4) is 0 Å². The van der Waals surface area contributed by atoms with Gasteiger partial charge in [0, 0.05) is 25.0 Å². The molecule has 0 radical (unpaired) electrons. The molecule has 1 rings (SSSR count). The molecule has 1 atom stereocenters. The Bertz CT molecular complexity index is 240. The van der Waals surface area contributed by atoms with Crippen molar-refractivity contribution in [3.8, 4) is 0 Å². The molecule has 0 saturated carbocycles. The van der Waals surface area contributed by atoms with E-state index in [0.29, 0.717) is 6.04 Å². The van der Waals surface area contributed by atoms with Crippen LogP contribution >= 0.6 is 0 Å². The Hall–Kier alpha value is -0.760. The molecule has 1 heterocycles. The Balaban J connectivity index is 2.56. The molecule has 0 aliphatic carbocycles. The monoisotopic (exact) mass is 180 g/mol. The minimum Gasteiger partial charge on any atom is -0.354 e. The molecule has 0 aliphatic rings. The summed E-state index contributed by atoms with van der Waals surface area (Å²) in [6.45, 7) is 8.70. The van der Waals surface area contributed by atoms with Crippen LogP contribution in [0.2, 0.25) is 0 Å². The minimum absolute atomic E-state index is 0.475. The van der Waals surface area contributed by atoms with Crippen molar-refractivity contribution < 1.29 is 0 Å². The average Bonchev–Trinajstić information content (AvgIpc) is 2.54. The Morgan fingerprint density at radius 3 is 2.85 bits per heavy atom. The first-order chi connectivity index (χ1) is 6.27. The van der Waals surface area contributed by atoms with Crippen LogP contribution in [0.25, 0.3) is 0 Å². The molecular formula is C11H20N2. The van der Waals surface area contributed by atoms with Gasteiger partial charge in [-0.25, -0.2) is 0 Å². The maximum absolute atomic E-state index is 3.40. The van der Waals surface area contributed by atoms with Gasteiger partial charge in [0.2, 0.25) is 0 Å². The molecule has 0 aliphatic heterocycles. The topological polar surface area (TPSA) is 17.0 Å². The zero-order chi connectivity index (χ0) is 9.68. The highest BCUT2D eigenvalue weighted by Crippen LogP contribution is 2.12. The van der Waals surface area contributed by atoms with Crippen LogP contribution in [0.5, 0.6) is 0 Å². The van der Waals surface area contributed by atoms with Crippen molar-refractivity contribution in [3.05, 3.63) is 24.0 Å². The largest absolute Gasteiger partial charge is 0.354 e. The van der Waals surface area contributed by atoms with Gasteiger partial charge in [-0.3, -0.25) is 0 Å². The predicted molar refractivity (Wildman–Crippen MR) is 56.8 cm³/mol. The Morgan fingerprint density at radius 2 is 2.23 bits per heavy atom. The highest BCUT2D eigenvalue weighted by atomic mass is 15.0. The molecule has 13 heavy (non-hydrogen) atoms. The van der Waals surface area contributed by atoms with Crippen molar-refractivity contribution in [2.45, 2.75) is 39.8 Å². The Labute approximate surface area is 81.0 Å². The van der Waals surface area contributed by atoms with E-state index in [1.165, 1.54) is 12.0 Å². The van der Waals surface area contributed by atoms with Gasteiger partial charge in [-0.2, -0.15) is 0 Å². The second-order valence-electron chi connectivity index (χ2n) is 3.46. The summed E-state index contributed by atoms with van der Waals surface area (Å²) < 4.78 is 2.25. The molecule has 0 saturated heterocycles. The van der Waals surface area contributed by atoms with Gasteiger partial charge in [0.25, 0.3) is 0 Å². The summed E-state index contributed by atoms with van der Waals surface area (Å²) in [7, 11) is 0. The van der Waals surface area contributed by atoms with Crippen molar-refractivity contribution in [2.24, 2.45) is 0 Å².